The molecule has 0 fully saturated rings. The van der Waals surface area contributed by atoms with Gasteiger partial charge in [-0.05, 0) is 30.3 Å². The van der Waals surface area contributed by atoms with Gasteiger partial charge in [-0.2, -0.15) is 0 Å². The van der Waals surface area contributed by atoms with Gasteiger partial charge in [0.05, 0.1) is 17.8 Å². The summed E-state index contributed by atoms with van der Waals surface area (Å²) in [7, 11) is -3.47. The minimum absolute atomic E-state index is 0.163. The van der Waals surface area contributed by atoms with E-state index in [1.807, 2.05) is 6.07 Å². The highest BCUT2D eigenvalue weighted by Gasteiger charge is 2.13. The molecule has 2 aromatic carbocycles. The lowest BCUT2D eigenvalue weighted by atomic mass is 10.1. The van der Waals surface area contributed by atoms with Crippen LogP contribution < -0.4 is 9.46 Å². The molecule has 0 saturated heterocycles. The maximum absolute atomic E-state index is 11.7. The van der Waals surface area contributed by atoms with Crippen molar-refractivity contribution in [2.75, 3.05) is 16.9 Å². The minimum Gasteiger partial charge on any atom is -0.455 e. The minimum atomic E-state index is -3.47. The topological polar surface area (TPSA) is 72.5 Å². The summed E-state index contributed by atoms with van der Waals surface area (Å²) in [6.45, 7) is 0. The molecule has 2 rings (SSSR count). The van der Waals surface area contributed by atoms with Crippen molar-refractivity contribution in [2.24, 2.45) is 0 Å². The fourth-order valence-corrected chi connectivity index (χ4v) is 2.48. The Labute approximate surface area is 133 Å². The number of benzene rings is 2. The molecule has 116 valence electrons. The first kappa shape index (κ1) is 16.3. The summed E-state index contributed by atoms with van der Waals surface area (Å²) >= 11 is 5.54. The van der Waals surface area contributed by atoms with Crippen molar-refractivity contribution in [1.82, 2.24) is 0 Å². The summed E-state index contributed by atoms with van der Waals surface area (Å²) in [6, 6.07) is 13.3. The number of rotatable bonds is 6. The normalized spacial score (nSPS) is 11.0. The van der Waals surface area contributed by atoms with E-state index >= 15 is 0 Å². The smallest absolute Gasteiger partial charge is 0.229 e. The number of hydrogen-bond acceptors (Lipinski definition) is 4. The molecule has 0 aliphatic heterocycles. The van der Waals surface area contributed by atoms with Crippen LogP contribution in [-0.2, 0) is 10.0 Å². The number of ether oxygens (including phenoxy) is 1. The molecule has 0 aliphatic rings. The average Bonchev–Trinajstić information content (AvgIpc) is 2.48. The summed E-state index contributed by atoms with van der Waals surface area (Å²) in [5.74, 6) is 0.316. The Kier molecular flexibility index (Phi) is 5.05. The van der Waals surface area contributed by atoms with E-state index in [0.29, 0.717) is 11.3 Å². The number of nitrogens with one attached hydrogen (secondary N) is 1. The first-order chi connectivity index (χ1) is 10.4. The van der Waals surface area contributed by atoms with Crippen molar-refractivity contribution >= 4 is 33.1 Å². The third-order valence-corrected chi connectivity index (χ3v) is 3.52. The SMILES string of the molecule is CS(=O)(=O)Nc1ccc(C(=O)CCl)cc1Oc1ccccc1. The predicted molar refractivity (Wildman–Crippen MR) is 86.5 cm³/mol. The Morgan fingerprint density at radius 1 is 1.18 bits per heavy atom. The lowest BCUT2D eigenvalue weighted by Crippen LogP contribution is -2.11. The maximum atomic E-state index is 11.7. The van der Waals surface area contributed by atoms with Crippen molar-refractivity contribution in [1.29, 1.82) is 0 Å². The molecule has 0 heterocycles. The second-order valence-corrected chi connectivity index (χ2v) is 6.57. The van der Waals surface area contributed by atoms with Crippen LogP contribution in [-0.4, -0.2) is 26.3 Å². The van der Waals surface area contributed by atoms with Gasteiger partial charge in [-0.25, -0.2) is 8.42 Å². The second kappa shape index (κ2) is 6.81. The molecular weight excluding hydrogens is 326 g/mol. The lowest BCUT2D eigenvalue weighted by Gasteiger charge is -2.13. The molecule has 0 unspecified atom stereocenters. The molecule has 2 aromatic rings. The summed E-state index contributed by atoms with van der Waals surface area (Å²) in [5.41, 5.74) is 0.595. The molecule has 0 atom stereocenters. The Morgan fingerprint density at radius 2 is 1.86 bits per heavy atom. The van der Waals surface area contributed by atoms with Gasteiger partial charge in [-0.15, -0.1) is 11.6 Å². The van der Waals surface area contributed by atoms with Crippen LogP contribution in [0.15, 0.2) is 48.5 Å². The van der Waals surface area contributed by atoms with E-state index < -0.39 is 10.0 Å². The number of para-hydroxylation sites is 1. The van der Waals surface area contributed by atoms with Gasteiger partial charge in [-0.1, -0.05) is 18.2 Å². The van der Waals surface area contributed by atoms with E-state index in [1.54, 1.807) is 24.3 Å². The fraction of sp³-hybridized carbons (Fsp3) is 0.133. The molecule has 0 amide bonds. The van der Waals surface area contributed by atoms with E-state index in [0.717, 1.165) is 6.26 Å². The number of alkyl halides is 1. The van der Waals surface area contributed by atoms with E-state index in [-0.39, 0.29) is 23.1 Å². The highest BCUT2D eigenvalue weighted by molar-refractivity contribution is 7.92. The number of halogens is 1. The molecule has 0 spiro atoms. The monoisotopic (exact) mass is 339 g/mol. The van der Waals surface area contributed by atoms with Crippen molar-refractivity contribution in [3.8, 4) is 11.5 Å². The van der Waals surface area contributed by atoms with Crippen LogP contribution >= 0.6 is 11.6 Å². The Morgan fingerprint density at radius 3 is 2.45 bits per heavy atom. The molecule has 0 saturated carbocycles. The molecule has 0 aromatic heterocycles. The summed E-state index contributed by atoms with van der Waals surface area (Å²) in [6.07, 6.45) is 1.04. The molecule has 7 heteroatoms. The van der Waals surface area contributed by atoms with Crippen LogP contribution in [0.2, 0.25) is 0 Å². The summed E-state index contributed by atoms with van der Waals surface area (Å²) in [4.78, 5) is 11.7. The second-order valence-electron chi connectivity index (χ2n) is 4.56. The van der Waals surface area contributed by atoms with Crippen LogP contribution in [0.4, 0.5) is 5.69 Å². The zero-order valence-electron chi connectivity index (χ0n) is 11.7. The van der Waals surface area contributed by atoms with Crippen molar-refractivity contribution in [2.45, 2.75) is 0 Å². The number of carbonyl (C=O) groups excluding carboxylic acids is 1. The predicted octanol–water partition coefficient (Wildman–Crippen LogP) is 3.27. The van der Waals surface area contributed by atoms with Gasteiger partial charge in [0, 0.05) is 5.56 Å². The average molecular weight is 340 g/mol. The molecule has 0 aliphatic carbocycles. The van der Waals surface area contributed by atoms with Crippen LogP contribution in [0, 0.1) is 0 Å². The summed E-state index contributed by atoms with van der Waals surface area (Å²) < 4.78 is 30.9. The highest BCUT2D eigenvalue weighted by Crippen LogP contribution is 2.31. The number of anilines is 1. The number of sulfonamides is 1. The quantitative estimate of drug-likeness (QED) is 0.647. The number of hydrogen-bond donors (Lipinski definition) is 1. The van der Waals surface area contributed by atoms with Crippen LogP contribution in [0.5, 0.6) is 11.5 Å². The van der Waals surface area contributed by atoms with E-state index in [4.69, 9.17) is 16.3 Å². The van der Waals surface area contributed by atoms with Crippen LogP contribution in [0.1, 0.15) is 10.4 Å². The van der Waals surface area contributed by atoms with E-state index in [9.17, 15) is 13.2 Å². The third-order valence-electron chi connectivity index (χ3n) is 2.69. The van der Waals surface area contributed by atoms with Crippen molar-refractivity contribution in [3.63, 3.8) is 0 Å². The first-order valence-electron chi connectivity index (χ1n) is 6.33. The van der Waals surface area contributed by atoms with Crippen molar-refractivity contribution < 1.29 is 17.9 Å². The number of carbonyl (C=O) groups is 1. The fourth-order valence-electron chi connectivity index (χ4n) is 1.76. The highest BCUT2D eigenvalue weighted by atomic mass is 35.5. The Hall–Kier alpha value is -2.05. The van der Waals surface area contributed by atoms with Crippen molar-refractivity contribution in [3.05, 3.63) is 54.1 Å². The maximum Gasteiger partial charge on any atom is 0.229 e. The molecule has 1 N–H and O–H groups in total. The largest absolute Gasteiger partial charge is 0.455 e. The van der Waals surface area contributed by atoms with Gasteiger partial charge >= 0.3 is 0 Å². The lowest BCUT2D eigenvalue weighted by molar-refractivity contribution is 0.102. The summed E-state index contributed by atoms with van der Waals surface area (Å²) in [5, 5.41) is 0. The van der Waals surface area contributed by atoms with E-state index in [2.05, 4.69) is 4.72 Å². The van der Waals surface area contributed by atoms with Gasteiger partial charge in [0.15, 0.2) is 11.5 Å². The standard InChI is InChI=1S/C15H14ClNO4S/c1-22(19,20)17-13-8-7-11(14(18)10-16)9-15(13)21-12-5-3-2-4-6-12/h2-9,17H,10H2,1H3. The molecule has 22 heavy (non-hydrogen) atoms. The van der Waals surface area contributed by atoms with Gasteiger partial charge in [0.2, 0.25) is 10.0 Å². The number of Topliss-reactive ketones (excluding diaryl/α,β-unsaturated/α-hetero) is 1. The molecular formula is C15H14ClNO4S. The van der Waals surface area contributed by atoms with Gasteiger partial charge < -0.3 is 4.74 Å². The molecule has 0 radical (unpaired) electrons. The van der Waals surface area contributed by atoms with Crippen LogP contribution in [0.25, 0.3) is 0 Å². The third kappa shape index (κ3) is 4.47. The van der Waals surface area contributed by atoms with Gasteiger partial charge in [-0.3, -0.25) is 9.52 Å². The van der Waals surface area contributed by atoms with Gasteiger partial charge in [0.1, 0.15) is 5.75 Å². The molecule has 0 bridgehead atoms. The zero-order chi connectivity index (χ0) is 16.2. The number of ketones is 1. The van der Waals surface area contributed by atoms with Crippen LogP contribution in [0.3, 0.4) is 0 Å². The Balaban J connectivity index is 2.43. The molecule has 5 nitrogen and oxygen atoms in total. The van der Waals surface area contributed by atoms with Gasteiger partial charge in [0.25, 0.3) is 0 Å². The first-order valence-corrected chi connectivity index (χ1v) is 8.75. The van der Waals surface area contributed by atoms with E-state index in [1.165, 1.54) is 18.2 Å². The zero-order valence-corrected chi connectivity index (χ0v) is 13.3. The Bertz CT molecular complexity index is 775.